The molecule has 0 saturated heterocycles. The largest absolute Gasteiger partial charge is 0.573 e. The number of benzene rings is 1. The van der Waals surface area contributed by atoms with Crippen LogP contribution in [0, 0.1) is 0 Å². The number of anilines is 1. The molecule has 116 valence electrons. The van der Waals surface area contributed by atoms with E-state index >= 15 is 0 Å². The summed E-state index contributed by atoms with van der Waals surface area (Å²) in [6.07, 6.45) is -4.76. The highest BCUT2D eigenvalue weighted by Crippen LogP contribution is 2.27. The molecule has 2 N–H and O–H groups in total. The molecule has 21 heavy (non-hydrogen) atoms. The molecule has 0 amide bonds. The Bertz CT molecular complexity index is 557. The molecular weight excluding hydrogens is 325 g/mol. The third-order valence-electron chi connectivity index (χ3n) is 2.47. The smallest absolute Gasteiger partial charge is 0.406 e. The molecule has 0 aromatic heterocycles. The van der Waals surface area contributed by atoms with Crippen LogP contribution >= 0.6 is 23.8 Å². The maximum atomic E-state index is 12.2. The molecule has 0 fully saturated rings. The Labute approximate surface area is 131 Å². The number of nitrogens with zero attached hydrogens (tertiary/aromatic N) is 1. The fourth-order valence-electron chi connectivity index (χ4n) is 1.44. The number of alkyl halides is 3. The van der Waals surface area contributed by atoms with Crippen LogP contribution in [0.15, 0.2) is 34.9 Å². The average molecular weight is 339 g/mol. The van der Waals surface area contributed by atoms with Gasteiger partial charge >= 0.3 is 6.36 Å². The highest BCUT2D eigenvalue weighted by molar-refractivity contribution is 7.80. The van der Waals surface area contributed by atoms with Gasteiger partial charge in [-0.25, -0.2) is 0 Å². The van der Waals surface area contributed by atoms with E-state index in [2.05, 4.69) is 4.74 Å². The summed E-state index contributed by atoms with van der Waals surface area (Å²) in [7, 11) is 0. The van der Waals surface area contributed by atoms with Gasteiger partial charge in [0.1, 0.15) is 5.75 Å². The van der Waals surface area contributed by atoms with Crippen molar-refractivity contribution in [2.45, 2.75) is 20.2 Å². The quantitative estimate of drug-likeness (QED) is 0.836. The van der Waals surface area contributed by atoms with Crippen LogP contribution in [-0.2, 0) is 0 Å². The second-order valence-electron chi connectivity index (χ2n) is 4.37. The van der Waals surface area contributed by atoms with E-state index in [-0.39, 0.29) is 17.4 Å². The third kappa shape index (κ3) is 5.81. The first-order valence-electron chi connectivity index (χ1n) is 5.85. The SMILES string of the molecule is CC(C)=C(Cl)CN(C(N)=S)c1cccc(OC(F)(F)F)c1. The van der Waals surface area contributed by atoms with Crippen LogP contribution in [0.4, 0.5) is 18.9 Å². The van der Waals surface area contributed by atoms with Gasteiger partial charge in [0.15, 0.2) is 5.11 Å². The molecule has 0 aliphatic heterocycles. The third-order valence-corrected chi connectivity index (χ3v) is 3.19. The lowest BCUT2D eigenvalue weighted by atomic mass is 10.2. The minimum absolute atomic E-state index is 0.00133. The normalized spacial score (nSPS) is 11.0. The number of halogens is 4. The lowest BCUT2D eigenvalue weighted by molar-refractivity contribution is -0.274. The van der Waals surface area contributed by atoms with Crippen molar-refractivity contribution in [2.24, 2.45) is 5.73 Å². The standard InChI is InChI=1S/C13H14ClF3N2OS/c1-8(2)11(14)7-19(12(18)21)9-4-3-5-10(6-9)20-13(15,16)17/h3-6H,7H2,1-2H3,(H2,18,21). The zero-order chi connectivity index (χ0) is 16.2. The Morgan fingerprint density at radius 1 is 1.38 bits per heavy atom. The maximum Gasteiger partial charge on any atom is 0.573 e. The van der Waals surface area contributed by atoms with Crippen LogP contribution in [0.25, 0.3) is 0 Å². The van der Waals surface area contributed by atoms with Crippen molar-refractivity contribution in [1.29, 1.82) is 0 Å². The van der Waals surface area contributed by atoms with E-state index in [1.54, 1.807) is 6.07 Å². The van der Waals surface area contributed by atoms with Crippen molar-refractivity contribution in [2.75, 3.05) is 11.4 Å². The van der Waals surface area contributed by atoms with Crippen molar-refractivity contribution in [1.82, 2.24) is 0 Å². The lowest BCUT2D eigenvalue weighted by Crippen LogP contribution is -2.36. The second-order valence-corrected chi connectivity index (χ2v) is 5.25. The number of allylic oxidation sites excluding steroid dienone is 1. The highest BCUT2D eigenvalue weighted by Gasteiger charge is 2.31. The van der Waals surface area contributed by atoms with Crippen molar-refractivity contribution in [3.05, 3.63) is 34.9 Å². The fourth-order valence-corrected chi connectivity index (χ4v) is 1.73. The van der Waals surface area contributed by atoms with Gasteiger partial charge in [-0.15, -0.1) is 13.2 Å². The molecule has 3 nitrogen and oxygen atoms in total. The van der Waals surface area contributed by atoms with Crippen molar-refractivity contribution < 1.29 is 17.9 Å². The molecule has 0 saturated carbocycles. The number of nitrogens with two attached hydrogens (primary N) is 1. The van der Waals surface area contributed by atoms with Crippen LogP contribution in [0.1, 0.15) is 13.8 Å². The molecule has 0 aliphatic rings. The number of hydrogen-bond donors (Lipinski definition) is 1. The number of rotatable bonds is 4. The van der Waals surface area contributed by atoms with Crippen molar-refractivity contribution in [3.63, 3.8) is 0 Å². The van der Waals surface area contributed by atoms with Crippen LogP contribution in [0.3, 0.4) is 0 Å². The van der Waals surface area contributed by atoms with Gasteiger partial charge in [0.05, 0.1) is 6.54 Å². The molecule has 1 aromatic carbocycles. The molecule has 1 rings (SSSR count). The van der Waals surface area contributed by atoms with E-state index in [1.165, 1.54) is 23.1 Å². The molecule has 0 bridgehead atoms. The van der Waals surface area contributed by atoms with Crippen LogP contribution in [0.5, 0.6) is 5.75 Å². The van der Waals surface area contributed by atoms with E-state index < -0.39 is 6.36 Å². The lowest BCUT2D eigenvalue weighted by Gasteiger charge is -2.23. The Kier molecular flexibility index (Phi) is 5.86. The first kappa shape index (κ1) is 17.6. The Morgan fingerprint density at radius 3 is 2.48 bits per heavy atom. The first-order valence-corrected chi connectivity index (χ1v) is 6.63. The summed E-state index contributed by atoms with van der Waals surface area (Å²) in [6, 6.07) is 5.37. The van der Waals surface area contributed by atoms with Gasteiger partial charge in [0.25, 0.3) is 0 Å². The van der Waals surface area contributed by atoms with Gasteiger partial charge in [0.2, 0.25) is 0 Å². The molecular formula is C13H14ClF3N2OS. The van der Waals surface area contributed by atoms with Crippen molar-refractivity contribution >= 4 is 34.6 Å². The zero-order valence-electron chi connectivity index (χ0n) is 11.4. The van der Waals surface area contributed by atoms with E-state index in [9.17, 15) is 13.2 Å². The summed E-state index contributed by atoms with van der Waals surface area (Å²) < 4.78 is 40.6. The topological polar surface area (TPSA) is 38.5 Å². The minimum Gasteiger partial charge on any atom is -0.406 e. The molecule has 1 aromatic rings. The van der Waals surface area contributed by atoms with Gasteiger partial charge in [-0.05, 0) is 38.2 Å². The highest BCUT2D eigenvalue weighted by atomic mass is 35.5. The zero-order valence-corrected chi connectivity index (χ0v) is 12.9. The summed E-state index contributed by atoms with van der Waals surface area (Å²) in [5.41, 5.74) is 6.83. The van der Waals surface area contributed by atoms with Crippen LogP contribution in [0.2, 0.25) is 0 Å². The predicted octanol–water partition coefficient (Wildman–Crippen LogP) is 4.17. The van der Waals surface area contributed by atoms with E-state index in [0.29, 0.717) is 10.7 Å². The summed E-state index contributed by atoms with van der Waals surface area (Å²) >= 11 is 11.0. The van der Waals surface area contributed by atoms with E-state index in [1.807, 2.05) is 13.8 Å². The summed E-state index contributed by atoms with van der Waals surface area (Å²) in [6.45, 7) is 3.79. The Morgan fingerprint density at radius 2 is 2.00 bits per heavy atom. The Hall–Kier alpha value is -1.47. The average Bonchev–Trinajstić information content (AvgIpc) is 2.33. The van der Waals surface area contributed by atoms with E-state index in [0.717, 1.165) is 5.57 Å². The fraction of sp³-hybridized carbons (Fsp3) is 0.308. The molecule has 0 heterocycles. The molecule has 8 heteroatoms. The van der Waals surface area contributed by atoms with Gasteiger partial charge in [-0.1, -0.05) is 23.2 Å². The van der Waals surface area contributed by atoms with Crippen LogP contribution in [-0.4, -0.2) is 18.0 Å². The van der Waals surface area contributed by atoms with Gasteiger partial charge in [-0.3, -0.25) is 0 Å². The van der Waals surface area contributed by atoms with Crippen LogP contribution < -0.4 is 15.4 Å². The van der Waals surface area contributed by atoms with Gasteiger partial charge in [0, 0.05) is 16.8 Å². The molecule has 0 atom stereocenters. The van der Waals surface area contributed by atoms with Gasteiger partial charge in [-0.2, -0.15) is 0 Å². The summed E-state index contributed by atoms with van der Waals surface area (Å²) in [5, 5.41) is 0.503. The number of thiocarbonyl (C=S) groups is 1. The summed E-state index contributed by atoms with van der Waals surface area (Å²) in [4.78, 5) is 1.42. The second kappa shape index (κ2) is 7.00. The minimum atomic E-state index is -4.76. The van der Waals surface area contributed by atoms with Crippen molar-refractivity contribution in [3.8, 4) is 5.75 Å². The maximum absolute atomic E-state index is 12.2. The van der Waals surface area contributed by atoms with E-state index in [4.69, 9.17) is 29.6 Å². The first-order chi connectivity index (χ1) is 9.60. The predicted molar refractivity (Wildman–Crippen MR) is 81.5 cm³/mol. The summed E-state index contributed by atoms with van der Waals surface area (Å²) in [5.74, 6) is -0.352. The number of ether oxygens (including phenoxy) is 1. The monoisotopic (exact) mass is 338 g/mol. The molecule has 0 radical (unpaired) electrons. The molecule has 0 aliphatic carbocycles. The molecule has 0 unspecified atom stereocenters. The van der Waals surface area contributed by atoms with Gasteiger partial charge < -0.3 is 15.4 Å². The molecule has 0 spiro atoms. The Balaban J connectivity index is 3.07. The number of hydrogen-bond acceptors (Lipinski definition) is 2.